The fourth-order valence-corrected chi connectivity index (χ4v) is 3.71. The second-order valence-corrected chi connectivity index (χ2v) is 6.94. The van der Waals surface area contributed by atoms with Crippen LogP contribution in [0.15, 0.2) is 36.5 Å². The van der Waals surface area contributed by atoms with E-state index in [-0.39, 0.29) is 23.6 Å². The van der Waals surface area contributed by atoms with E-state index in [9.17, 15) is 9.59 Å². The lowest BCUT2D eigenvalue weighted by molar-refractivity contribution is -0.122. The molecule has 0 aliphatic heterocycles. The lowest BCUT2D eigenvalue weighted by Crippen LogP contribution is -2.41. The molecule has 3 rings (SSSR count). The lowest BCUT2D eigenvalue weighted by Gasteiger charge is -2.34. The van der Waals surface area contributed by atoms with Gasteiger partial charge >= 0.3 is 5.97 Å². The number of carboxylic acids is 1. The van der Waals surface area contributed by atoms with E-state index in [1.807, 2.05) is 18.2 Å². The normalized spacial score (nSPS) is 16.6. The van der Waals surface area contributed by atoms with Crippen LogP contribution in [0.3, 0.4) is 0 Å². The van der Waals surface area contributed by atoms with Gasteiger partial charge in [-0.3, -0.25) is 4.79 Å². The number of aromatic carboxylic acids is 1. The molecule has 7 heteroatoms. The van der Waals surface area contributed by atoms with Crippen molar-refractivity contribution in [3.8, 4) is 0 Å². The number of aromatic nitrogens is 3. The molecule has 1 aromatic heterocycles. The molecule has 0 bridgehead atoms. The zero-order valence-corrected chi connectivity index (χ0v) is 14.7. The molecule has 0 atom stereocenters. The quantitative estimate of drug-likeness (QED) is 0.775. The van der Waals surface area contributed by atoms with E-state index >= 15 is 0 Å². The molecule has 0 spiro atoms. The molecule has 0 unspecified atom stereocenters. The highest BCUT2D eigenvalue weighted by molar-refractivity contribution is 5.84. The molecule has 1 amide bonds. The Labute approximate surface area is 152 Å². The van der Waals surface area contributed by atoms with Crippen molar-refractivity contribution in [1.29, 1.82) is 0 Å². The van der Waals surface area contributed by atoms with Gasteiger partial charge in [0.05, 0.1) is 6.20 Å². The van der Waals surface area contributed by atoms with Gasteiger partial charge in [-0.25, -0.2) is 9.48 Å². The van der Waals surface area contributed by atoms with E-state index in [4.69, 9.17) is 5.11 Å². The number of benzene rings is 1. The monoisotopic (exact) mass is 356 g/mol. The summed E-state index contributed by atoms with van der Waals surface area (Å²) in [5, 5.41) is 19.1. The highest BCUT2D eigenvalue weighted by Gasteiger charge is 2.33. The number of nitrogens with zero attached hydrogens (tertiary/aromatic N) is 3. The summed E-state index contributed by atoms with van der Waals surface area (Å²) in [6.45, 7) is 0.543. The predicted molar refractivity (Wildman–Crippen MR) is 95.8 cm³/mol. The summed E-state index contributed by atoms with van der Waals surface area (Å²) in [6.07, 6.45) is 8.18. The predicted octanol–water partition coefficient (Wildman–Crippen LogP) is 2.38. The van der Waals surface area contributed by atoms with Crippen molar-refractivity contribution in [2.24, 2.45) is 0 Å². The van der Waals surface area contributed by atoms with Crippen molar-refractivity contribution < 1.29 is 14.7 Å². The Kier molecular flexibility index (Phi) is 5.65. The highest BCUT2D eigenvalue weighted by atomic mass is 16.4. The number of amides is 1. The molecule has 138 valence electrons. The van der Waals surface area contributed by atoms with Crippen LogP contribution in [-0.4, -0.2) is 38.5 Å². The Bertz CT molecular complexity index is 749. The highest BCUT2D eigenvalue weighted by Crippen LogP contribution is 2.37. The number of hydrogen-bond donors (Lipinski definition) is 2. The van der Waals surface area contributed by atoms with E-state index in [1.165, 1.54) is 29.3 Å². The van der Waals surface area contributed by atoms with Crippen LogP contribution in [0.2, 0.25) is 0 Å². The molecule has 1 saturated carbocycles. The average Bonchev–Trinajstić information content (AvgIpc) is 2.98. The van der Waals surface area contributed by atoms with Crippen LogP contribution in [0.1, 0.15) is 54.6 Å². The first kappa shape index (κ1) is 18.1. The van der Waals surface area contributed by atoms with Crippen molar-refractivity contribution in [2.45, 2.75) is 50.5 Å². The Morgan fingerprint density at radius 3 is 2.42 bits per heavy atom. The van der Waals surface area contributed by atoms with E-state index < -0.39 is 5.97 Å². The molecule has 2 N–H and O–H groups in total. The number of carboxylic acid groups (broad SMARTS) is 1. The molecular weight excluding hydrogens is 332 g/mol. The Hall–Kier alpha value is -2.70. The minimum Gasteiger partial charge on any atom is -0.476 e. The summed E-state index contributed by atoms with van der Waals surface area (Å²) in [4.78, 5) is 23.2. The standard InChI is InChI=1S/C19H24N4O3/c24-17(13-23-12-16(18(25)26)21-22-23)20-14-19(10-6-1-2-7-11-19)15-8-4-3-5-9-15/h3-5,8-9,12H,1-2,6-7,10-11,13-14H2,(H,20,24)(H,25,26). The van der Waals surface area contributed by atoms with Gasteiger partial charge in [0.25, 0.3) is 0 Å². The van der Waals surface area contributed by atoms with Crippen molar-refractivity contribution in [1.82, 2.24) is 20.3 Å². The zero-order valence-electron chi connectivity index (χ0n) is 14.7. The average molecular weight is 356 g/mol. The zero-order chi connectivity index (χ0) is 18.4. The lowest BCUT2D eigenvalue weighted by atomic mass is 9.74. The summed E-state index contributed by atoms with van der Waals surface area (Å²) in [6, 6.07) is 10.4. The maximum absolute atomic E-state index is 12.3. The molecule has 26 heavy (non-hydrogen) atoms. The first-order valence-corrected chi connectivity index (χ1v) is 9.05. The summed E-state index contributed by atoms with van der Waals surface area (Å²) in [5.74, 6) is -1.34. The van der Waals surface area contributed by atoms with E-state index in [1.54, 1.807) is 0 Å². The second-order valence-electron chi connectivity index (χ2n) is 6.94. The third-order valence-electron chi connectivity index (χ3n) is 5.13. The smallest absolute Gasteiger partial charge is 0.358 e. The Morgan fingerprint density at radius 1 is 1.12 bits per heavy atom. The SMILES string of the molecule is O=C(Cn1cc(C(=O)O)nn1)NCC1(c2ccccc2)CCCCCC1. The molecular formula is C19H24N4O3. The first-order chi connectivity index (χ1) is 12.6. The number of hydrogen-bond acceptors (Lipinski definition) is 4. The molecule has 1 aliphatic rings. The molecule has 1 aromatic carbocycles. The van der Waals surface area contributed by atoms with Crippen molar-refractivity contribution >= 4 is 11.9 Å². The number of carbonyl (C=O) groups is 2. The van der Waals surface area contributed by atoms with Crippen molar-refractivity contribution in [2.75, 3.05) is 6.54 Å². The number of carbonyl (C=O) groups excluding carboxylic acids is 1. The fourth-order valence-electron chi connectivity index (χ4n) is 3.71. The van der Waals surface area contributed by atoms with Crippen LogP contribution in [0, 0.1) is 0 Å². The molecule has 1 aliphatic carbocycles. The fraction of sp³-hybridized carbons (Fsp3) is 0.474. The Balaban J connectivity index is 1.67. The van der Waals surface area contributed by atoms with Gasteiger partial charge in [-0.15, -0.1) is 5.10 Å². The van der Waals surface area contributed by atoms with Gasteiger partial charge in [0.1, 0.15) is 6.54 Å². The molecule has 7 nitrogen and oxygen atoms in total. The Morgan fingerprint density at radius 2 is 1.81 bits per heavy atom. The van der Waals surface area contributed by atoms with Crippen LogP contribution in [0.25, 0.3) is 0 Å². The van der Waals surface area contributed by atoms with Gasteiger partial charge in [-0.05, 0) is 18.4 Å². The molecule has 0 radical (unpaired) electrons. The topological polar surface area (TPSA) is 97.1 Å². The second kappa shape index (κ2) is 8.12. The summed E-state index contributed by atoms with van der Waals surface area (Å²) >= 11 is 0. The molecule has 1 heterocycles. The largest absolute Gasteiger partial charge is 0.476 e. The van der Waals surface area contributed by atoms with Crippen LogP contribution < -0.4 is 5.32 Å². The van der Waals surface area contributed by atoms with Gasteiger partial charge in [0.15, 0.2) is 5.69 Å². The van der Waals surface area contributed by atoms with E-state index in [0.717, 1.165) is 25.7 Å². The number of nitrogens with one attached hydrogen (secondary N) is 1. The van der Waals surface area contributed by atoms with E-state index in [0.29, 0.717) is 6.54 Å². The van der Waals surface area contributed by atoms with Crippen molar-refractivity contribution in [3.63, 3.8) is 0 Å². The summed E-state index contributed by atoms with van der Waals surface area (Å²) in [7, 11) is 0. The third-order valence-corrected chi connectivity index (χ3v) is 5.13. The van der Waals surface area contributed by atoms with Gasteiger partial charge in [-0.1, -0.05) is 61.2 Å². The molecule has 2 aromatic rings. The van der Waals surface area contributed by atoms with E-state index in [2.05, 4.69) is 27.8 Å². The summed E-state index contributed by atoms with van der Waals surface area (Å²) in [5.41, 5.74) is 1.07. The van der Waals surface area contributed by atoms with Crippen LogP contribution in [-0.2, 0) is 16.8 Å². The third kappa shape index (κ3) is 4.28. The van der Waals surface area contributed by atoms with Crippen molar-refractivity contribution in [3.05, 3.63) is 47.8 Å². The molecule has 1 fully saturated rings. The number of rotatable bonds is 6. The van der Waals surface area contributed by atoms with Crippen LogP contribution >= 0.6 is 0 Å². The minimum atomic E-state index is -1.15. The van der Waals surface area contributed by atoms with Gasteiger partial charge in [0, 0.05) is 12.0 Å². The minimum absolute atomic E-state index is 0.0366. The van der Waals surface area contributed by atoms with Gasteiger partial charge < -0.3 is 10.4 Å². The maximum atomic E-state index is 12.3. The van der Waals surface area contributed by atoms with Gasteiger partial charge in [0.2, 0.25) is 5.91 Å². The van der Waals surface area contributed by atoms with Crippen LogP contribution in [0.5, 0.6) is 0 Å². The summed E-state index contributed by atoms with van der Waals surface area (Å²) < 4.78 is 1.25. The maximum Gasteiger partial charge on any atom is 0.358 e. The van der Waals surface area contributed by atoms with Gasteiger partial charge in [-0.2, -0.15) is 0 Å². The van der Waals surface area contributed by atoms with Crippen LogP contribution in [0.4, 0.5) is 0 Å². The first-order valence-electron chi connectivity index (χ1n) is 9.05. The molecule has 0 saturated heterocycles.